The topological polar surface area (TPSA) is 73.7 Å². The van der Waals surface area contributed by atoms with Crippen LogP contribution in [0, 0.1) is 11.7 Å². The number of pyridine rings is 1. The van der Waals surface area contributed by atoms with Crippen LogP contribution in [0.5, 0.6) is 0 Å². The van der Waals surface area contributed by atoms with Gasteiger partial charge in [-0.25, -0.2) is 9.18 Å². The van der Waals surface area contributed by atoms with Crippen LogP contribution < -0.4 is 0 Å². The van der Waals surface area contributed by atoms with E-state index in [1.165, 1.54) is 17.2 Å². The van der Waals surface area contributed by atoms with Gasteiger partial charge in [-0.05, 0) is 12.5 Å². The van der Waals surface area contributed by atoms with E-state index in [9.17, 15) is 14.3 Å². The largest absolute Gasteiger partial charge is 0.465 e. The van der Waals surface area contributed by atoms with E-state index in [1.54, 1.807) is 0 Å². The standard InChI is InChI=1S/C11H13FN2O3/c12-9-3-8(4-13-5-9)10(15)7-1-2-14(6-7)11(16)17/h3-5,7,10,15H,1-2,6H2,(H,16,17)/t7-,10+/m0/s1. The lowest BCUT2D eigenvalue weighted by molar-refractivity contribution is 0.107. The first-order chi connectivity index (χ1) is 8.08. The highest BCUT2D eigenvalue weighted by atomic mass is 19.1. The van der Waals surface area contributed by atoms with E-state index in [0.717, 1.165) is 6.20 Å². The lowest BCUT2D eigenvalue weighted by atomic mass is 9.96. The second kappa shape index (κ2) is 4.67. The molecule has 0 saturated carbocycles. The van der Waals surface area contributed by atoms with Crippen LogP contribution in [0.15, 0.2) is 18.5 Å². The van der Waals surface area contributed by atoms with Crippen LogP contribution in [0.25, 0.3) is 0 Å². The molecule has 1 aliphatic heterocycles. The molecule has 92 valence electrons. The zero-order valence-electron chi connectivity index (χ0n) is 9.08. The SMILES string of the molecule is O=C(O)N1CC[C@H]([C@@H](O)c2cncc(F)c2)C1. The van der Waals surface area contributed by atoms with Crippen LogP contribution in [0.1, 0.15) is 18.1 Å². The van der Waals surface area contributed by atoms with Crippen molar-refractivity contribution < 1.29 is 19.4 Å². The summed E-state index contributed by atoms with van der Waals surface area (Å²) in [5.41, 5.74) is 0.391. The van der Waals surface area contributed by atoms with E-state index in [2.05, 4.69) is 4.98 Å². The molecule has 6 heteroatoms. The van der Waals surface area contributed by atoms with E-state index in [4.69, 9.17) is 5.11 Å². The number of amides is 1. The van der Waals surface area contributed by atoms with Crippen molar-refractivity contribution >= 4 is 6.09 Å². The van der Waals surface area contributed by atoms with Gasteiger partial charge in [0.1, 0.15) is 5.82 Å². The lowest BCUT2D eigenvalue weighted by Crippen LogP contribution is -2.27. The number of aliphatic hydroxyl groups excluding tert-OH is 1. The monoisotopic (exact) mass is 240 g/mol. The maximum Gasteiger partial charge on any atom is 0.407 e. The predicted molar refractivity (Wildman–Crippen MR) is 56.9 cm³/mol. The Labute approximate surface area is 97.5 Å². The molecule has 0 radical (unpaired) electrons. The molecule has 17 heavy (non-hydrogen) atoms. The Kier molecular flexibility index (Phi) is 3.23. The van der Waals surface area contributed by atoms with Gasteiger partial charge in [0.25, 0.3) is 0 Å². The molecule has 2 rings (SSSR count). The van der Waals surface area contributed by atoms with Crippen LogP contribution in [0.3, 0.4) is 0 Å². The smallest absolute Gasteiger partial charge is 0.407 e. The van der Waals surface area contributed by atoms with Crippen molar-refractivity contribution in [3.8, 4) is 0 Å². The fraction of sp³-hybridized carbons (Fsp3) is 0.455. The van der Waals surface area contributed by atoms with Crippen molar-refractivity contribution in [1.29, 1.82) is 0 Å². The summed E-state index contributed by atoms with van der Waals surface area (Å²) in [6.45, 7) is 0.673. The summed E-state index contributed by atoms with van der Waals surface area (Å²) < 4.78 is 12.9. The van der Waals surface area contributed by atoms with Crippen molar-refractivity contribution in [2.24, 2.45) is 5.92 Å². The van der Waals surface area contributed by atoms with Gasteiger partial charge in [-0.1, -0.05) is 0 Å². The number of hydrogen-bond donors (Lipinski definition) is 2. The van der Waals surface area contributed by atoms with Crippen LogP contribution in [-0.2, 0) is 0 Å². The Morgan fingerprint density at radius 1 is 1.59 bits per heavy atom. The van der Waals surface area contributed by atoms with E-state index in [1.807, 2.05) is 0 Å². The second-order valence-corrected chi connectivity index (χ2v) is 4.16. The first-order valence-corrected chi connectivity index (χ1v) is 5.34. The average molecular weight is 240 g/mol. The third-order valence-corrected chi connectivity index (χ3v) is 3.01. The molecule has 2 atom stereocenters. The summed E-state index contributed by atoms with van der Waals surface area (Å²) in [5, 5.41) is 18.8. The summed E-state index contributed by atoms with van der Waals surface area (Å²) in [4.78, 5) is 15.6. The number of nitrogens with zero attached hydrogens (tertiary/aromatic N) is 2. The lowest BCUT2D eigenvalue weighted by Gasteiger charge is -2.18. The number of rotatable bonds is 2. The molecule has 0 bridgehead atoms. The van der Waals surface area contributed by atoms with Gasteiger partial charge in [-0.15, -0.1) is 0 Å². The van der Waals surface area contributed by atoms with Crippen molar-refractivity contribution in [1.82, 2.24) is 9.88 Å². The van der Waals surface area contributed by atoms with Crippen molar-refractivity contribution in [2.45, 2.75) is 12.5 Å². The van der Waals surface area contributed by atoms with Gasteiger partial charge in [-0.2, -0.15) is 0 Å². The molecule has 1 aromatic rings. The maximum absolute atomic E-state index is 12.9. The summed E-state index contributed by atoms with van der Waals surface area (Å²) >= 11 is 0. The van der Waals surface area contributed by atoms with E-state index < -0.39 is 18.0 Å². The number of hydrogen-bond acceptors (Lipinski definition) is 3. The third-order valence-electron chi connectivity index (χ3n) is 3.01. The average Bonchev–Trinajstić information content (AvgIpc) is 2.77. The fourth-order valence-electron chi connectivity index (χ4n) is 2.08. The Hall–Kier alpha value is -1.69. The van der Waals surface area contributed by atoms with Gasteiger partial charge >= 0.3 is 6.09 Å². The Bertz CT molecular complexity index is 427. The van der Waals surface area contributed by atoms with Crippen molar-refractivity contribution in [2.75, 3.05) is 13.1 Å². The highest BCUT2D eigenvalue weighted by molar-refractivity contribution is 5.65. The molecule has 1 fully saturated rings. The minimum Gasteiger partial charge on any atom is -0.465 e. The molecular formula is C11H13FN2O3. The zero-order valence-corrected chi connectivity index (χ0v) is 9.08. The highest BCUT2D eigenvalue weighted by Gasteiger charge is 2.31. The molecule has 1 aromatic heterocycles. The summed E-state index contributed by atoms with van der Waals surface area (Å²) in [5.74, 6) is -0.704. The molecule has 0 aromatic carbocycles. The normalized spacial score (nSPS) is 21.5. The first kappa shape index (κ1) is 11.8. The number of likely N-dealkylation sites (tertiary alicyclic amines) is 1. The summed E-state index contributed by atoms with van der Waals surface area (Å²) in [6, 6.07) is 1.22. The Morgan fingerprint density at radius 2 is 2.35 bits per heavy atom. The number of halogens is 1. The molecule has 1 amide bonds. The van der Waals surface area contributed by atoms with Crippen molar-refractivity contribution in [3.63, 3.8) is 0 Å². The van der Waals surface area contributed by atoms with E-state index in [0.29, 0.717) is 18.5 Å². The molecule has 0 spiro atoms. The third kappa shape index (κ3) is 2.52. The molecule has 2 N–H and O–H groups in total. The second-order valence-electron chi connectivity index (χ2n) is 4.16. The molecular weight excluding hydrogens is 227 g/mol. The molecule has 1 saturated heterocycles. The molecule has 2 heterocycles. The van der Waals surface area contributed by atoms with Gasteiger partial charge < -0.3 is 15.1 Å². The van der Waals surface area contributed by atoms with E-state index in [-0.39, 0.29) is 12.5 Å². The summed E-state index contributed by atoms with van der Waals surface area (Å²) in [7, 11) is 0. The predicted octanol–water partition coefficient (Wildman–Crippen LogP) is 1.25. The van der Waals surface area contributed by atoms with Crippen LogP contribution >= 0.6 is 0 Å². The first-order valence-electron chi connectivity index (χ1n) is 5.34. The fourth-order valence-corrected chi connectivity index (χ4v) is 2.08. The van der Waals surface area contributed by atoms with Gasteiger partial charge in [0.05, 0.1) is 12.3 Å². The number of aromatic nitrogens is 1. The minimum absolute atomic E-state index is 0.199. The number of aliphatic hydroxyl groups is 1. The van der Waals surface area contributed by atoms with Crippen LogP contribution in [0.4, 0.5) is 9.18 Å². The molecule has 5 nitrogen and oxygen atoms in total. The van der Waals surface area contributed by atoms with Crippen molar-refractivity contribution in [3.05, 3.63) is 29.8 Å². The number of carbonyl (C=O) groups is 1. The minimum atomic E-state index is -0.989. The van der Waals surface area contributed by atoms with E-state index >= 15 is 0 Å². The van der Waals surface area contributed by atoms with Gasteiger partial charge in [0.2, 0.25) is 0 Å². The Morgan fingerprint density at radius 3 is 2.94 bits per heavy atom. The number of carboxylic acid groups (broad SMARTS) is 1. The van der Waals surface area contributed by atoms with Crippen LogP contribution in [0.2, 0.25) is 0 Å². The van der Waals surface area contributed by atoms with Gasteiger partial charge in [-0.3, -0.25) is 4.98 Å². The zero-order chi connectivity index (χ0) is 12.4. The molecule has 1 aliphatic rings. The Balaban J connectivity index is 2.06. The van der Waals surface area contributed by atoms with Gasteiger partial charge in [0, 0.05) is 30.8 Å². The molecule has 0 unspecified atom stereocenters. The quantitative estimate of drug-likeness (QED) is 0.816. The summed E-state index contributed by atoms with van der Waals surface area (Å²) in [6.07, 6.45) is 1.18. The molecule has 0 aliphatic carbocycles. The maximum atomic E-state index is 12.9. The highest BCUT2D eigenvalue weighted by Crippen LogP contribution is 2.29. The van der Waals surface area contributed by atoms with Crippen LogP contribution in [-0.4, -0.2) is 39.3 Å². The van der Waals surface area contributed by atoms with Gasteiger partial charge in [0.15, 0.2) is 0 Å².